The van der Waals surface area contributed by atoms with Crippen LogP contribution in [0.1, 0.15) is 18.6 Å². The molecule has 0 bridgehead atoms. The van der Waals surface area contributed by atoms with Gasteiger partial charge in [-0.3, -0.25) is 0 Å². The normalized spacial score (nSPS) is 15.5. The van der Waals surface area contributed by atoms with Crippen LogP contribution in [0.15, 0.2) is 24.3 Å². The molecule has 2 N–H and O–H groups in total. The number of benzene rings is 1. The van der Waals surface area contributed by atoms with Gasteiger partial charge in [0.15, 0.2) is 9.84 Å². The molecule has 0 saturated heterocycles. The molecule has 6 heteroatoms. The van der Waals surface area contributed by atoms with Crippen molar-refractivity contribution in [2.45, 2.75) is 18.3 Å². The Morgan fingerprint density at radius 3 is 2.53 bits per heavy atom. The van der Waals surface area contributed by atoms with E-state index in [2.05, 4.69) is 0 Å². The van der Waals surface area contributed by atoms with E-state index in [9.17, 15) is 13.5 Å². The number of rotatable bonds is 5. The first-order chi connectivity index (χ1) is 7.92. The van der Waals surface area contributed by atoms with Gasteiger partial charge in [0.1, 0.15) is 5.25 Å². The Kier molecular flexibility index (Phi) is 4.94. The third-order valence-corrected chi connectivity index (χ3v) is 4.96. The lowest BCUT2D eigenvalue weighted by atomic mass is 10.1. The van der Waals surface area contributed by atoms with E-state index in [-0.39, 0.29) is 5.75 Å². The van der Waals surface area contributed by atoms with Gasteiger partial charge in [-0.25, -0.2) is 8.42 Å². The highest BCUT2D eigenvalue weighted by atomic mass is 35.5. The van der Waals surface area contributed by atoms with Gasteiger partial charge in [0, 0.05) is 10.8 Å². The second-order valence-electron chi connectivity index (χ2n) is 3.67. The van der Waals surface area contributed by atoms with Crippen molar-refractivity contribution in [3.8, 4) is 0 Å². The summed E-state index contributed by atoms with van der Waals surface area (Å²) >= 11 is 5.76. The van der Waals surface area contributed by atoms with Crippen molar-refractivity contribution in [2.24, 2.45) is 0 Å². The van der Waals surface area contributed by atoms with E-state index in [1.54, 1.807) is 18.2 Å². The van der Waals surface area contributed by atoms with E-state index in [0.29, 0.717) is 10.6 Å². The SMILES string of the molecule is CCS(=O)(=O)[C@@H](CO)[C@H](O)c1cccc(Cl)c1. The van der Waals surface area contributed by atoms with Gasteiger partial charge in [-0.15, -0.1) is 0 Å². The third-order valence-electron chi connectivity index (χ3n) is 2.59. The molecule has 0 heterocycles. The van der Waals surface area contributed by atoms with Crippen LogP contribution in [0.3, 0.4) is 0 Å². The summed E-state index contributed by atoms with van der Waals surface area (Å²) in [6, 6.07) is 6.30. The maximum Gasteiger partial charge on any atom is 0.158 e. The summed E-state index contributed by atoms with van der Waals surface area (Å²) in [4.78, 5) is 0. The van der Waals surface area contributed by atoms with Crippen molar-refractivity contribution >= 4 is 21.4 Å². The van der Waals surface area contributed by atoms with Crippen LogP contribution >= 0.6 is 11.6 Å². The van der Waals surface area contributed by atoms with Crippen LogP contribution in [0, 0.1) is 0 Å². The first-order valence-corrected chi connectivity index (χ1v) is 7.27. The van der Waals surface area contributed by atoms with Crippen molar-refractivity contribution < 1.29 is 18.6 Å². The first-order valence-electron chi connectivity index (χ1n) is 5.18. The molecule has 0 aliphatic rings. The molecule has 0 spiro atoms. The molecule has 96 valence electrons. The summed E-state index contributed by atoms with van der Waals surface area (Å²) in [6.07, 6.45) is -1.27. The number of hydrogen-bond donors (Lipinski definition) is 2. The van der Waals surface area contributed by atoms with E-state index in [1.807, 2.05) is 0 Å². The summed E-state index contributed by atoms with van der Waals surface area (Å²) in [6.45, 7) is 0.854. The monoisotopic (exact) mass is 278 g/mol. The van der Waals surface area contributed by atoms with E-state index in [0.717, 1.165) is 0 Å². The Hall–Kier alpha value is -0.620. The van der Waals surface area contributed by atoms with Crippen LogP contribution in [0.5, 0.6) is 0 Å². The molecule has 1 aromatic rings. The van der Waals surface area contributed by atoms with Crippen LogP contribution < -0.4 is 0 Å². The zero-order chi connectivity index (χ0) is 13.1. The largest absolute Gasteiger partial charge is 0.395 e. The summed E-state index contributed by atoms with van der Waals surface area (Å²) in [5.74, 6) is -0.129. The Labute approximate surface area is 106 Å². The Bertz CT molecular complexity index is 472. The fraction of sp³-hybridized carbons (Fsp3) is 0.455. The number of sulfone groups is 1. The van der Waals surface area contributed by atoms with Crippen molar-refractivity contribution in [2.75, 3.05) is 12.4 Å². The average Bonchev–Trinajstić information content (AvgIpc) is 2.29. The summed E-state index contributed by atoms with van der Waals surface area (Å²) in [7, 11) is -3.51. The molecule has 0 amide bonds. The zero-order valence-electron chi connectivity index (χ0n) is 9.38. The number of hydrogen-bond acceptors (Lipinski definition) is 4. The topological polar surface area (TPSA) is 74.6 Å². The van der Waals surface area contributed by atoms with E-state index in [4.69, 9.17) is 16.7 Å². The van der Waals surface area contributed by atoms with E-state index >= 15 is 0 Å². The van der Waals surface area contributed by atoms with Crippen LogP contribution in [-0.4, -0.2) is 36.2 Å². The zero-order valence-corrected chi connectivity index (χ0v) is 10.9. The smallest absolute Gasteiger partial charge is 0.158 e. The minimum Gasteiger partial charge on any atom is -0.395 e. The quantitative estimate of drug-likeness (QED) is 0.848. The van der Waals surface area contributed by atoms with Gasteiger partial charge in [-0.2, -0.15) is 0 Å². The molecule has 0 radical (unpaired) electrons. The van der Waals surface area contributed by atoms with Crippen molar-refractivity contribution in [3.05, 3.63) is 34.9 Å². The van der Waals surface area contributed by atoms with Crippen LogP contribution in [0.2, 0.25) is 5.02 Å². The molecule has 17 heavy (non-hydrogen) atoms. The van der Waals surface area contributed by atoms with Crippen molar-refractivity contribution in [1.29, 1.82) is 0 Å². The van der Waals surface area contributed by atoms with Crippen molar-refractivity contribution in [3.63, 3.8) is 0 Å². The van der Waals surface area contributed by atoms with Crippen LogP contribution in [0.25, 0.3) is 0 Å². The Morgan fingerprint density at radius 2 is 2.06 bits per heavy atom. The van der Waals surface area contributed by atoms with Gasteiger partial charge in [0.25, 0.3) is 0 Å². The highest BCUT2D eigenvalue weighted by molar-refractivity contribution is 7.92. The minimum absolute atomic E-state index is 0.129. The second kappa shape index (κ2) is 5.82. The molecule has 0 aliphatic carbocycles. The van der Waals surface area contributed by atoms with E-state index < -0.39 is 27.8 Å². The molecular formula is C11H15ClO4S. The molecule has 4 nitrogen and oxygen atoms in total. The second-order valence-corrected chi connectivity index (χ2v) is 6.62. The minimum atomic E-state index is -3.51. The van der Waals surface area contributed by atoms with Gasteiger partial charge >= 0.3 is 0 Å². The standard InChI is InChI=1S/C11H15ClO4S/c1-2-17(15,16)10(7-13)11(14)8-4-3-5-9(12)6-8/h3-6,10-11,13-14H,2,7H2,1H3/t10-,11+/m0/s1. The molecule has 0 fully saturated rings. The third kappa shape index (κ3) is 3.42. The first kappa shape index (κ1) is 14.4. The molecule has 1 aromatic carbocycles. The van der Waals surface area contributed by atoms with Crippen molar-refractivity contribution in [1.82, 2.24) is 0 Å². The van der Waals surface area contributed by atoms with Gasteiger partial charge in [0.2, 0.25) is 0 Å². The molecule has 1 rings (SSSR count). The molecule has 0 aliphatic heterocycles. The highest BCUT2D eigenvalue weighted by Crippen LogP contribution is 2.24. The van der Waals surface area contributed by atoms with E-state index in [1.165, 1.54) is 13.0 Å². The van der Waals surface area contributed by atoms with Gasteiger partial charge in [-0.1, -0.05) is 30.7 Å². The highest BCUT2D eigenvalue weighted by Gasteiger charge is 2.31. The molecular weight excluding hydrogens is 264 g/mol. The van der Waals surface area contributed by atoms with Crippen LogP contribution in [-0.2, 0) is 9.84 Å². The molecule has 0 unspecified atom stereocenters. The molecule has 0 aromatic heterocycles. The number of aliphatic hydroxyl groups excluding tert-OH is 2. The lowest BCUT2D eigenvalue weighted by Gasteiger charge is -2.20. The lowest BCUT2D eigenvalue weighted by molar-refractivity contribution is 0.138. The fourth-order valence-corrected chi connectivity index (χ4v) is 2.93. The van der Waals surface area contributed by atoms with Gasteiger partial charge < -0.3 is 10.2 Å². The van der Waals surface area contributed by atoms with Gasteiger partial charge in [0.05, 0.1) is 12.7 Å². The van der Waals surface area contributed by atoms with Gasteiger partial charge in [-0.05, 0) is 17.7 Å². The summed E-state index contributed by atoms with van der Waals surface area (Å²) in [5, 5.41) is 18.3. The average molecular weight is 279 g/mol. The predicted octanol–water partition coefficient (Wildman–Crippen LogP) is 1.17. The molecule has 2 atom stereocenters. The summed E-state index contributed by atoms with van der Waals surface area (Å²) in [5.41, 5.74) is 0.383. The predicted molar refractivity (Wildman–Crippen MR) is 66.7 cm³/mol. The maximum absolute atomic E-state index is 11.7. The number of aliphatic hydroxyl groups is 2. The summed E-state index contributed by atoms with van der Waals surface area (Å²) < 4.78 is 23.4. The number of halogens is 1. The molecule has 0 saturated carbocycles. The maximum atomic E-state index is 11.7. The van der Waals surface area contributed by atoms with Crippen LogP contribution in [0.4, 0.5) is 0 Å². The fourth-order valence-electron chi connectivity index (χ4n) is 1.53. The Balaban J connectivity index is 3.06. The Morgan fingerprint density at radius 1 is 1.41 bits per heavy atom. The lowest BCUT2D eigenvalue weighted by Crippen LogP contribution is -2.33.